The van der Waals surface area contributed by atoms with Crippen molar-refractivity contribution in [3.05, 3.63) is 30.3 Å². The summed E-state index contributed by atoms with van der Waals surface area (Å²) in [5.74, 6) is 1.13. The summed E-state index contributed by atoms with van der Waals surface area (Å²) in [4.78, 5) is 28.7. The summed E-state index contributed by atoms with van der Waals surface area (Å²) in [6.45, 7) is 6.58. The fourth-order valence-corrected chi connectivity index (χ4v) is 3.83. The van der Waals surface area contributed by atoms with Gasteiger partial charge in [-0.25, -0.2) is 0 Å². The van der Waals surface area contributed by atoms with Gasteiger partial charge in [-0.2, -0.15) is 0 Å². The lowest BCUT2D eigenvalue weighted by atomic mass is 9.91. The predicted molar refractivity (Wildman–Crippen MR) is 86.4 cm³/mol. The second kappa shape index (κ2) is 6.11. The lowest BCUT2D eigenvalue weighted by Gasteiger charge is -2.36. The normalized spacial score (nSPS) is 29.0. The molecule has 0 spiro atoms. The Labute approximate surface area is 132 Å². The lowest BCUT2D eigenvalue weighted by Crippen LogP contribution is -2.45. The third-order valence-corrected chi connectivity index (χ3v) is 4.72. The van der Waals surface area contributed by atoms with Gasteiger partial charge in [-0.1, -0.05) is 32.0 Å². The number of hydrogen-bond acceptors (Lipinski definition) is 2. The van der Waals surface area contributed by atoms with Crippen LogP contribution in [0.1, 0.15) is 26.7 Å². The molecule has 1 aromatic rings. The number of para-hydroxylation sites is 1. The highest BCUT2D eigenvalue weighted by atomic mass is 16.2. The van der Waals surface area contributed by atoms with Crippen LogP contribution in [-0.4, -0.2) is 36.3 Å². The Morgan fingerprint density at radius 3 is 2.32 bits per heavy atom. The van der Waals surface area contributed by atoms with Gasteiger partial charge in [0.25, 0.3) is 0 Å². The van der Waals surface area contributed by atoms with Crippen LogP contribution in [0.25, 0.3) is 0 Å². The zero-order valence-corrected chi connectivity index (χ0v) is 13.4. The molecule has 0 N–H and O–H groups in total. The molecule has 2 aliphatic heterocycles. The largest absolute Gasteiger partial charge is 0.342 e. The molecule has 3 rings (SSSR count). The van der Waals surface area contributed by atoms with Crippen molar-refractivity contribution in [3.8, 4) is 0 Å². The molecule has 2 amide bonds. The van der Waals surface area contributed by atoms with Gasteiger partial charge in [-0.3, -0.25) is 9.59 Å². The van der Waals surface area contributed by atoms with Gasteiger partial charge in [-0.05, 0) is 30.4 Å². The van der Waals surface area contributed by atoms with Gasteiger partial charge in [-0.15, -0.1) is 0 Å². The number of benzene rings is 1. The van der Waals surface area contributed by atoms with E-state index in [9.17, 15) is 9.59 Å². The van der Waals surface area contributed by atoms with Crippen LogP contribution in [-0.2, 0) is 9.59 Å². The van der Waals surface area contributed by atoms with Crippen LogP contribution in [0.2, 0.25) is 0 Å². The minimum atomic E-state index is -0.190. The second-order valence-corrected chi connectivity index (χ2v) is 6.93. The SMILES string of the molecule is C[C@@H]1C[C@H](C)CN(C(=O)[C@@H]2CC(=O)N(c3ccccc3)C2)C1. The summed E-state index contributed by atoms with van der Waals surface area (Å²) in [5.41, 5.74) is 0.892. The van der Waals surface area contributed by atoms with Crippen molar-refractivity contribution in [1.82, 2.24) is 4.90 Å². The maximum atomic E-state index is 12.8. The van der Waals surface area contributed by atoms with Gasteiger partial charge < -0.3 is 9.80 Å². The number of carbonyl (C=O) groups is 2. The first-order valence-corrected chi connectivity index (χ1v) is 8.18. The van der Waals surface area contributed by atoms with Gasteiger partial charge in [0.05, 0.1) is 5.92 Å². The maximum absolute atomic E-state index is 12.8. The van der Waals surface area contributed by atoms with E-state index in [1.165, 1.54) is 6.42 Å². The molecule has 2 heterocycles. The summed E-state index contributed by atoms with van der Waals surface area (Å²) in [5, 5.41) is 0. The quantitative estimate of drug-likeness (QED) is 0.842. The lowest BCUT2D eigenvalue weighted by molar-refractivity contribution is -0.138. The first kappa shape index (κ1) is 15.1. The van der Waals surface area contributed by atoms with Gasteiger partial charge in [0.2, 0.25) is 11.8 Å². The Hall–Kier alpha value is -1.84. The second-order valence-electron chi connectivity index (χ2n) is 6.93. The van der Waals surface area contributed by atoms with Crippen molar-refractivity contribution < 1.29 is 9.59 Å². The molecular formula is C18H24N2O2. The molecule has 0 aliphatic carbocycles. The molecule has 4 heteroatoms. The van der Waals surface area contributed by atoms with E-state index in [0.717, 1.165) is 18.8 Å². The van der Waals surface area contributed by atoms with E-state index in [4.69, 9.17) is 0 Å². The zero-order chi connectivity index (χ0) is 15.7. The van der Waals surface area contributed by atoms with E-state index < -0.39 is 0 Å². The summed E-state index contributed by atoms with van der Waals surface area (Å²) >= 11 is 0. The fourth-order valence-electron chi connectivity index (χ4n) is 3.83. The van der Waals surface area contributed by atoms with E-state index in [2.05, 4.69) is 13.8 Å². The van der Waals surface area contributed by atoms with Crippen molar-refractivity contribution in [2.45, 2.75) is 26.7 Å². The molecule has 2 saturated heterocycles. The van der Waals surface area contributed by atoms with Crippen LogP contribution < -0.4 is 4.90 Å². The average molecular weight is 300 g/mol. The summed E-state index contributed by atoms with van der Waals surface area (Å²) in [7, 11) is 0. The number of anilines is 1. The van der Waals surface area contributed by atoms with Crippen LogP contribution in [0.5, 0.6) is 0 Å². The standard InChI is InChI=1S/C18H24N2O2/c1-13-8-14(2)11-19(10-13)18(22)15-9-17(21)20(12-15)16-6-4-3-5-7-16/h3-7,13-15H,8-12H2,1-2H3/t13-,14+,15-/m1/s1. The van der Waals surface area contributed by atoms with E-state index >= 15 is 0 Å². The van der Waals surface area contributed by atoms with Crippen molar-refractivity contribution in [3.63, 3.8) is 0 Å². The summed E-state index contributed by atoms with van der Waals surface area (Å²) in [6, 6.07) is 9.63. The molecule has 1 aromatic carbocycles. The fraction of sp³-hybridized carbons (Fsp3) is 0.556. The van der Waals surface area contributed by atoms with Crippen molar-refractivity contribution in [1.29, 1.82) is 0 Å². The Balaban J connectivity index is 1.69. The molecule has 22 heavy (non-hydrogen) atoms. The number of likely N-dealkylation sites (tertiary alicyclic amines) is 1. The maximum Gasteiger partial charge on any atom is 0.228 e. The van der Waals surface area contributed by atoms with Crippen LogP contribution in [0.4, 0.5) is 5.69 Å². The predicted octanol–water partition coefficient (Wildman–Crippen LogP) is 2.54. The molecule has 0 unspecified atom stereocenters. The topological polar surface area (TPSA) is 40.6 Å². The van der Waals surface area contributed by atoms with E-state index in [-0.39, 0.29) is 17.7 Å². The molecule has 2 fully saturated rings. The van der Waals surface area contributed by atoms with Crippen molar-refractivity contribution in [2.24, 2.45) is 17.8 Å². The number of amides is 2. The van der Waals surface area contributed by atoms with Crippen LogP contribution in [0.3, 0.4) is 0 Å². The molecule has 4 nitrogen and oxygen atoms in total. The molecule has 3 atom stereocenters. The molecular weight excluding hydrogens is 276 g/mol. The smallest absolute Gasteiger partial charge is 0.228 e. The monoisotopic (exact) mass is 300 g/mol. The van der Waals surface area contributed by atoms with Gasteiger partial charge in [0.1, 0.15) is 0 Å². The summed E-state index contributed by atoms with van der Waals surface area (Å²) in [6.07, 6.45) is 1.52. The van der Waals surface area contributed by atoms with Crippen LogP contribution >= 0.6 is 0 Å². The third kappa shape index (κ3) is 3.01. The minimum absolute atomic E-state index is 0.0580. The molecule has 0 radical (unpaired) electrons. The Bertz CT molecular complexity index is 547. The van der Waals surface area contributed by atoms with Crippen molar-refractivity contribution >= 4 is 17.5 Å². The third-order valence-electron chi connectivity index (χ3n) is 4.72. The Morgan fingerprint density at radius 2 is 1.68 bits per heavy atom. The first-order chi connectivity index (χ1) is 10.5. The van der Waals surface area contributed by atoms with Crippen LogP contribution in [0, 0.1) is 17.8 Å². The molecule has 0 aromatic heterocycles. The Kier molecular flexibility index (Phi) is 4.19. The highest BCUT2D eigenvalue weighted by molar-refractivity contribution is 6.00. The van der Waals surface area contributed by atoms with Crippen molar-refractivity contribution in [2.75, 3.05) is 24.5 Å². The minimum Gasteiger partial charge on any atom is -0.342 e. The van der Waals surface area contributed by atoms with E-state index in [1.54, 1.807) is 4.90 Å². The highest BCUT2D eigenvalue weighted by Crippen LogP contribution is 2.28. The van der Waals surface area contributed by atoms with Gasteiger partial charge >= 0.3 is 0 Å². The summed E-state index contributed by atoms with van der Waals surface area (Å²) < 4.78 is 0. The number of piperidine rings is 1. The number of rotatable bonds is 2. The number of hydrogen-bond donors (Lipinski definition) is 0. The van der Waals surface area contributed by atoms with E-state index in [1.807, 2.05) is 35.2 Å². The van der Waals surface area contributed by atoms with Crippen LogP contribution in [0.15, 0.2) is 30.3 Å². The molecule has 118 valence electrons. The number of carbonyl (C=O) groups excluding carboxylic acids is 2. The number of nitrogens with zero attached hydrogens (tertiary/aromatic N) is 2. The zero-order valence-electron chi connectivity index (χ0n) is 13.4. The molecule has 2 aliphatic rings. The average Bonchev–Trinajstić information content (AvgIpc) is 2.88. The highest BCUT2D eigenvalue weighted by Gasteiger charge is 2.38. The Morgan fingerprint density at radius 1 is 1.05 bits per heavy atom. The van der Waals surface area contributed by atoms with Gasteiger partial charge in [0.15, 0.2) is 0 Å². The first-order valence-electron chi connectivity index (χ1n) is 8.18. The van der Waals surface area contributed by atoms with Gasteiger partial charge in [0, 0.05) is 31.7 Å². The molecule has 0 bridgehead atoms. The van der Waals surface area contributed by atoms with E-state index in [0.29, 0.717) is 24.8 Å². The molecule has 0 saturated carbocycles.